The second-order valence-corrected chi connectivity index (χ2v) is 7.87. The Hall–Kier alpha value is -1.36. The average Bonchev–Trinajstić information content (AvgIpc) is 2.34. The maximum atomic E-state index is 11.8. The number of benzene rings is 1. The fraction of sp³-hybridized carbons (Fsp3) is 0.455. The first-order valence-corrected chi connectivity index (χ1v) is 9.13. The minimum atomic E-state index is -4.45. The van der Waals surface area contributed by atoms with Gasteiger partial charge in [0.25, 0.3) is 10.1 Å². The van der Waals surface area contributed by atoms with Gasteiger partial charge < -0.3 is 15.6 Å². The van der Waals surface area contributed by atoms with Crippen molar-refractivity contribution in [2.75, 3.05) is 18.1 Å². The molecule has 120 valence electrons. The van der Waals surface area contributed by atoms with Gasteiger partial charge in [-0.05, 0) is 18.6 Å². The van der Waals surface area contributed by atoms with Crippen molar-refractivity contribution in [3.8, 4) is 5.75 Å². The van der Waals surface area contributed by atoms with Gasteiger partial charge in [0.05, 0.1) is 18.0 Å². The van der Waals surface area contributed by atoms with Crippen LogP contribution in [0.4, 0.5) is 5.69 Å². The Bertz CT molecular complexity index is 697. The van der Waals surface area contributed by atoms with Gasteiger partial charge in [-0.1, -0.05) is 6.92 Å². The first-order valence-electron chi connectivity index (χ1n) is 5.98. The quantitative estimate of drug-likeness (QED) is 0.466. The molecule has 1 aromatic carbocycles. The normalized spacial score (nSPS) is 13.9. The van der Waals surface area contributed by atoms with Gasteiger partial charge in [-0.25, -0.2) is 8.42 Å². The lowest BCUT2D eigenvalue weighted by Crippen LogP contribution is -2.30. The topological polar surface area (TPSA) is 144 Å². The number of nitrogen functional groups attached to an aromatic ring is 1. The van der Waals surface area contributed by atoms with Gasteiger partial charge in [0, 0.05) is 6.07 Å². The molecular formula is C11H17NO7S2. The summed E-state index contributed by atoms with van der Waals surface area (Å²) in [6.07, 6.45) is 0.141. The number of ether oxygens (including phenoxy) is 1. The molecule has 0 aliphatic heterocycles. The maximum absolute atomic E-state index is 11.8. The van der Waals surface area contributed by atoms with Crippen LogP contribution in [0.5, 0.6) is 5.75 Å². The summed E-state index contributed by atoms with van der Waals surface area (Å²) in [6, 6.07) is 3.32. The molecule has 0 spiro atoms. The predicted octanol–water partition coefficient (Wildman–Crippen LogP) is 0.0375. The van der Waals surface area contributed by atoms with E-state index in [1.165, 1.54) is 6.07 Å². The van der Waals surface area contributed by atoms with Crippen molar-refractivity contribution in [3.63, 3.8) is 0 Å². The molecule has 1 atom stereocenters. The van der Waals surface area contributed by atoms with Gasteiger partial charge in [-0.2, -0.15) is 8.42 Å². The van der Waals surface area contributed by atoms with Crippen LogP contribution in [0, 0.1) is 0 Å². The smallest absolute Gasteiger partial charge is 0.296 e. The third-order valence-electron chi connectivity index (χ3n) is 2.64. The summed E-state index contributed by atoms with van der Waals surface area (Å²) in [4.78, 5) is -0.485. The van der Waals surface area contributed by atoms with Crippen LogP contribution in [-0.2, 0) is 20.0 Å². The van der Waals surface area contributed by atoms with Crippen LogP contribution in [0.2, 0.25) is 0 Å². The van der Waals surface area contributed by atoms with Crippen LogP contribution < -0.4 is 10.5 Å². The summed E-state index contributed by atoms with van der Waals surface area (Å²) >= 11 is 0. The SMILES string of the molecule is CCC(Oc1ccc(S(=O)(=O)O)c(N)c1)S(=O)(=O)CCO. The highest BCUT2D eigenvalue weighted by Gasteiger charge is 2.25. The Morgan fingerprint density at radius 2 is 1.90 bits per heavy atom. The molecular weight excluding hydrogens is 322 g/mol. The van der Waals surface area contributed by atoms with E-state index in [0.717, 1.165) is 12.1 Å². The Labute approximate surface area is 123 Å². The highest BCUT2D eigenvalue weighted by Crippen LogP contribution is 2.25. The van der Waals surface area contributed by atoms with Crippen LogP contribution in [0.1, 0.15) is 13.3 Å². The molecule has 0 saturated carbocycles. The van der Waals surface area contributed by atoms with Crippen molar-refractivity contribution in [2.24, 2.45) is 0 Å². The summed E-state index contributed by atoms with van der Waals surface area (Å²) in [7, 11) is -8.11. The summed E-state index contributed by atoms with van der Waals surface area (Å²) in [5.74, 6) is -0.391. The van der Waals surface area contributed by atoms with Gasteiger partial charge in [-0.15, -0.1) is 0 Å². The molecule has 4 N–H and O–H groups in total. The molecule has 0 amide bonds. The lowest BCUT2D eigenvalue weighted by molar-refractivity contribution is 0.264. The molecule has 0 aromatic heterocycles. The fourth-order valence-electron chi connectivity index (χ4n) is 1.66. The summed E-state index contributed by atoms with van der Waals surface area (Å²) in [5, 5.41) is 8.73. The molecule has 0 aliphatic carbocycles. The molecule has 0 heterocycles. The Morgan fingerprint density at radius 1 is 1.29 bits per heavy atom. The average molecular weight is 339 g/mol. The monoisotopic (exact) mass is 339 g/mol. The van der Waals surface area contributed by atoms with Crippen molar-refractivity contribution >= 4 is 25.6 Å². The molecule has 1 aromatic rings. The molecule has 0 bridgehead atoms. The zero-order valence-corrected chi connectivity index (χ0v) is 12.9. The van der Waals surface area contributed by atoms with Crippen molar-refractivity contribution in [1.29, 1.82) is 0 Å². The second kappa shape index (κ2) is 6.60. The van der Waals surface area contributed by atoms with E-state index in [0.29, 0.717) is 0 Å². The lowest BCUT2D eigenvalue weighted by Gasteiger charge is -2.18. The number of nitrogens with two attached hydrogens (primary N) is 1. The van der Waals surface area contributed by atoms with Crippen LogP contribution in [0.25, 0.3) is 0 Å². The number of hydrogen-bond donors (Lipinski definition) is 3. The highest BCUT2D eigenvalue weighted by atomic mass is 32.2. The van der Waals surface area contributed by atoms with Gasteiger partial charge in [0.1, 0.15) is 10.6 Å². The minimum Gasteiger partial charge on any atom is -0.475 e. The van der Waals surface area contributed by atoms with Gasteiger partial charge in [0.2, 0.25) is 0 Å². The third kappa shape index (κ3) is 4.56. The van der Waals surface area contributed by atoms with E-state index in [2.05, 4.69) is 0 Å². The number of aliphatic hydroxyl groups is 1. The van der Waals surface area contributed by atoms with Crippen molar-refractivity contribution in [3.05, 3.63) is 18.2 Å². The molecule has 0 aliphatic rings. The molecule has 0 fully saturated rings. The zero-order chi connectivity index (χ0) is 16.3. The van der Waals surface area contributed by atoms with Crippen LogP contribution >= 0.6 is 0 Å². The Balaban J connectivity index is 3.06. The molecule has 1 unspecified atom stereocenters. The predicted molar refractivity (Wildman–Crippen MR) is 76.2 cm³/mol. The van der Waals surface area contributed by atoms with E-state index in [-0.39, 0.29) is 17.9 Å². The largest absolute Gasteiger partial charge is 0.475 e. The lowest BCUT2D eigenvalue weighted by atomic mass is 10.3. The van der Waals surface area contributed by atoms with Crippen molar-refractivity contribution in [2.45, 2.75) is 23.7 Å². The number of anilines is 1. The summed E-state index contributed by atoms with van der Waals surface area (Å²) in [5.41, 5.74) is 4.04. The van der Waals surface area contributed by atoms with Crippen molar-refractivity contribution in [1.82, 2.24) is 0 Å². The van der Waals surface area contributed by atoms with E-state index in [1.807, 2.05) is 0 Å². The van der Waals surface area contributed by atoms with E-state index < -0.39 is 42.6 Å². The Morgan fingerprint density at radius 3 is 2.33 bits per heavy atom. The van der Waals surface area contributed by atoms with E-state index in [4.69, 9.17) is 20.1 Å². The van der Waals surface area contributed by atoms with E-state index >= 15 is 0 Å². The standard InChI is InChI=1S/C11H17NO7S2/c1-2-11(20(14,15)6-5-13)19-8-3-4-10(9(12)7-8)21(16,17)18/h3-4,7,11,13H,2,5-6,12H2,1H3,(H,16,17,18). The van der Waals surface area contributed by atoms with E-state index in [1.54, 1.807) is 6.92 Å². The fourth-order valence-corrected chi connectivity index (χ4v) is 3.54. The van der Waals surface area contributed by atoms with Crippen molar-refractivity contribution < 1.29 is 31.2 Å². The second-order valence-electron chi connectivity index (χ2n) is 4.22. The third-order valence-corrected chi connectivity index (χ3v) is 5.55. The molecule has 10 heteroatoms. The van der Waals surface area contributed by atoms with Gasteiger partial charge >= 0.3 is 0 Å². The number of hydrogen-bond acceptors (Lipinski definition) is 7. The number of sulfone groups is 1. The maximum Gasteiger partial charge on any atom is 0.296 e. The molecule has 0 saturated heterocycles. The first kappa shape index (κ1) is 17.7. The van der Waals surface area contributed by atoms with Crippen LogP contribution in [-0.4, -0.2) is 44.3 Å². The molecule has 1 rings (SSSR count). The van der Waals surface area contributed by atoms with E-state index in [9.17, 15) is 16.8 Å². The van der Waals surface area contributed by atoms with Gasteiger partial charge in [-0.3, -0.25) is 4.55 Å². The highest BCUT2D eigenvalue weighted by molar-refractivity contribution is 7.91. The minimum absolute atomic E-state index is 0.0493. The zero-order valence-electron chi connectivity index (χ0n) is 11.3. The van der Waals surface area contributed by atoms with Crippen LogP contribution in [0.3, 0.4) is 0 Å². The molecule has 8 nitrogen and oxygen atoms in total. The first-order chi connectivity index (χ1) is 9.61. The summed E-state index contributed by atoms with van der Waals surface area (Å²) in [6.45, 7) is 1.07. The number of aliphatic hydroxyl groups excluding tert-OH is 1. The number of rotatable bonds is 7. The molecule has 21 heavy (non-hydrogen) atoms. The Kier molecular flexibility index (Phi) is 5.56. The van der Waals surface area contributed by atoms with Gasteiger partial charge in [0.15, 0.2) is 15.3 Å². The summed E-state index contributed by atoms with van der Waals surface area (Å²) < 4.78 is 59.8. The molecule has 0 radical (unpaired) electrons. The van der Waals surface area contributed by atoms with Crippen LogP contribution in [0.15, 0.2) is 23.1 Å².